The van der Waals surface area contributed by atoms with Crippen molar-refractivity contribution in [2.45, 2.75) is 20.8 Å². The number of aromatic nitrogens is 3. The van der Waals surface area contributed by atoms with Gasteiger partial charge in [-0.05, 0) is 56.2 Å². The van der Waals surface area contributed by atoms with Gasteiger partial charge in [-0.2, -0.15) is 9.78 Å². The van der Waals surface area contributed by atoms with E-state index in [9.17, 15) is 9.59 Å². The number of aryl methyl sites for hydroxylation is 2. The van der Waals surface area contributed by atoms with Crippen LogP contribution in [0.1, 0.15) is 38.8 Å². The molecule has 0 bridgehead atoms. The summed E-state index contributed by atoms with van der Waals surface area (Å²) >= 11 is 12.2. The maximum atomic E-state index is 13.1. The van der Waals surface area contributed by atoms with E-state index in [0.29, 0.717) is 10.8 Å². The maximum absolute atomic E-state index is 13.1. The van der Waals surface area contributed by atoms with E-state index in [1.54, 1.807) is 13.0 Å². The van der Waals surface area contributed by atoms with Crippen LogP contribution in [0, 0.1) is 13.8 Å². The van der Waals surface area contributed by atoms with Crippen LogP contribution >= 0.6 is 23.2 Å². The van der Waals surface area contributed by atoms with Crippen LogP contribution < -0.4 is 5.32 Å². The molecule has 0 aliphatic carbocycles. The molecule has 1 N–H and O–H groups in total. The van der Waals surface area contributed by atoms with Crippen LogP contribution in [0.2, 0.25) is 10.0 Å². The summed E-state index contributed by atoms with van der Waals surface area (Å²) in [4.78, 5) is 30.4. The van der Waals surface area contributed by atoms with Crippen molar-refractivity contribution in [3.05, 3.63) is 81.0 Å². The molecular formula is C24H20Cl2N4O3. The number of nitrogens with zero attached hydrogens (tertiary/aromatic N) is 3. The largest absolute Gasteiger partial charge is 0.462 e. The fraction of sp³-hybridized carbons (Fsp3) is 0.167. The third kappa shape index (κ3) is 4.42. The van der Waals surface area contributed by atoms with Gasteiger partial charge < -0.3 is 10.1 Å². The Bertz CT molecular complexity index is 1400. The Morgan fingerprint density at radius 3 is 2.61 bits per heavy atom. The van der Waals surface area contributed by atoms with E-state index in [1.165, 1.54) is 23.0 Å². The van der Waals surface area contributed by atoms with Crippen LogP contribution in [-0.2, 0) is 4.74 Å². The standard InChI is InChI=1S/C24H20Cl2N4O3/c1-4-33-24(32)18-12-27-30(20-10-14(3)16-7-5-6-13(2)21(16)28-20)22(18)29-23(31)17-11-15(25)8-9-19(17)26/h5-12H,4H2,1-3H3,(H,29,31). The summed E-state index contributed by atoms with van der Waals surface area (Å²) in [6.45, 7) is 5.80. The number of pyridine rings is 1. The zero-order valence-corrected chi connectivity index (χ0v) is 19.7. The van der Waals surface area contributed by atoms with E-state index in [-0.39, 0.29) is 28.6 Å². The average molecular weight is 483 g/mol. The molecule has 2 aromatic carbocycles. The Morgan fingerprint density at radius 1 is 1.06 bits per heavy atom. The lowest BCUT2D eigenvalue weighted by atomic mass is 10.1. The SMILES string of the molecule is CCOC(=O)c1cnn(-c2cc(C)c3cccc(C)c3n2)c1NC(=O)c1cc(Cl)ccc1Cl. The fourth-order valence-electron chi connectivity index (χ4n) is 3.50. The summed E-state index contributed by atoms with van der Waals surface area (Å²) in [6, 6.07) is 12.3. The highest BCUT2D eigenvalue weighted by Gasteiger charge is 2.24. The van der Waals surface area contributed by atoms with Gasteiger partial charge in [-0.15, -0.1) is 0 Å². The lowest BCUT2D eigenvalue weighted by Gasteiger charge is -2.13. The van der Waals surface area contributed by atoms with Crippen LogP contribution in [0.5, 0.6) is 0 Å². The Balaban J connectivity index is 1.86. The van der Waals surface area contributed by atoms with Crippen LogP contribution in [0.25, 0.3) is 16.7 Å². The highest BCUT2D eigenvalue weighted by Crippen LogP contribution is 2.27. The van der Waals surface area contributed by atoms with Crippen LogP contribution in [0.4, 0.5) is 5.82 Å². The van der Waals surface area contributed by atoms with Crippen molar-refractivity contribution in [3.8, 4) is 5.82 Å². The summed E-state index contributed by atoms with van der Waals surface area (Å²) in [5, 5.41) is 8.65. The zero-order valence-electron chi connectivity index (χ0n) is 18.1. The number of hydrogen-bond donors (Lipinski definition) is 1. The fourth-order valence-corrected chi connectivity index (χ4v) is 3.87. The molecule has 0 aliphatic heterocycles. The molecule has 2 heterocycles. The Labute approximate surface area is 200 Å². The van der Waals surface area contributed by atoms with E-state index in [2.05, 4.69) is 10.4 Å². The molecule has 1 amide bonds. The Hall–Kier alpha value is -3.42. The number of rotatable bonds is 5. The summed E-state index contributed by atoms with van der Waals surface area (Å²) in [5.74, 6) is -0.611. The predicted octanol–water partition coefficient (Wildman–Crippen LogP) is 5.77. The van der Waals surface area contributed by atoms with E-state index < -0.39 is 11.9 Å². The number of carbonyl (C=O) groups excluding carboxylic acids is 2. The number of amides is 1. The van der Waals surface area contributed by atoms with Gasteiger partial charge in [0.25, 0.3) is 5.91 Å². The molecule has 0 fully saturated rings. The molecule has 0 saturated carbocycles. The van der Waals surface area contributed by atoms with Crippen molar-refractivity contribution in [2.24, 2.45) is 0 Å². The zero-order chi connectivity index (χ0) is 23.7. The first-order valence-electron chi connectivity index (χ1n) is 10.2. The molecule has 168 valence electrons. The molecule has 0 saturated heterocycles. The first-order valence-corrected chi connectivity index (χ1v) is 10.9. The number of benzene rings is 2. The molecule has 0 spiro atoms. The van der Waals surface area contributed by atoms with Crippen molar-refractivity contribution < 1.29 is 14.3 Å². The highest BCUT2D eigenvalue weighted by atomic mass is 35.5. The molecular weight excluding hydrogens is 463 g/mol. The normalized spacial score (nSPS) is 10.9. The number of nitrogens with one attached hydrogen (secondary N) is 1. The predicted molar refractivity (Wildman–Crippen MR) is 129 cm³/mol. The van der Waals surface area contributed by atoms with Crippen molar-refractivity contribution in [2.75, 3.05) is 11.9 Å². The molecule has 4 aromatic rings. The van der Waals surface area contributed by atoms with Gasteiger partial charge in [-0.25, -0.2) is 9.78 Å². The third-order valence-electron chi connectivity index (χ3n) is 5.12. The van der Waals surface area contributed by atoms with E-state index >= 15 is 0 Å². The van der Waals surface area contributed by atoms with Gasteiger partial charge in [0.1, 0.15) is 5.56 Å². The second-order valence-electron chi connectivity index (χ2n) is 7.39. The highest BCUT2D eigenvalue weighted by molar-refractivity contribution is 6.36. The molecule has 4 rings (SSSR count). The summed E-state index contributed by atoms with van der Waals surface area (Å²) in [6.07, 6.45) is 1.34. The molecule has 0 aliphatic rings. The smallest absolute Gasteiger partial charge is 0.343 e. The molecule has 2 aromatic heterocycles. The van der Waals surface area contributed by atoms with Gasteiger partial charge in [0.05, 0.1) is 28.9 Å². The van der Waals surface area contributed by atoms with Gasteiger partial charge in [-0.1, -0.05) is 41.4 Å². The van der Waals surface area contributed by atoms with Crippen LogP contribution in [0.15, 0.2) is 48.7 Å². The summed E-state index contributed by atoms with van der Waals surface area (Å²) < 4.78 is 6.55. The third-order valence-corrected chi connectivity index (χ3v) is 5.69. The lowest BCUT2D eigenvalue weighted by Crippen LogP contribution is -2.19. The van der Waals surface area contributed by atoms with Crippen molar-refractivity contribution in [1.82, 2.24) is 14.8 Å². The average Bonchev–Trinajstić information content (AvgIpc) is 3.19. The van der Waals surface area contributed by atoms with Gasteiger partial charge in [0.15, 0.2) is 11.6 Å². The number of carbonyl (C=O) groups is 2. The topological polar surface area (TPSA) is 86.1 Å². The quantitative estimate of drug-likeness (QED) is 0.364. The summed E-state index contributed by atoms with van der Waals surface area (Å²) in [7, 11) is 0. The van der Waals surface area contributed by atoms with Gasteiger partial charge in [0, 0.05) is 10.4 Å². The van der Waals surface area contributed by atoms with Gasteiger partial charge >= 0.3 is 5.97 Å². The van der Waals surface area contributed by atoms with E-state index in [0.717, 1.165) is 22.0 Å². The molecule has 0 radical (unpaired) electrons. The summed E-state index contributed by atoms with van der Waals surface area (Å²) in [5.41, 5.74) is 3.02. The molecule has 9 heteroatoms. The first kappa shape index (κ1) is 22.8. The number of ether oxygens (including phenoxy) is 1. The minimum atomic E-state index is -0.620. The minimum absolute atomic E-state index is 0.0904. The van der Waals surface area contributed by atoms with E-state index in [1.807, 2.05) is 38.1 Å². The number of hydrogen-bond acceptors (Lipinski definition) is 5. The number of para-hydroxylation sites is 1. The van der Waals surface area contributed by atoms with Crippen LogP contribution in [-0.4, -0.2) is 33.2 Å². The van der Waals surface area contributed by atoms with Crippen molar-refractivity contribution in [1.29, 1.82) is 0 Å². The van der Waals surface area contributed by atoms with Gasteiger partial charge in [0.2, 0.25) is 0 Å². The monoisotopic (exact) mass is 482 g/mol. The Kier molecular flexibility index (Phi) is 6.35. The molecule has 33 heavy (non-hydrogen) atoms. The number of halogens is 2. The van der Waals surface area contributed by atoms with Crippen LogP contribution in [0.3, 0.4) is 0 Å². The van der Waals surface area contributed by atoms with Crippen molar-refractivity contribution in [3.63, 3.8) is 0 Å². The maximum Gasteiger partial charge on any atom is 0.343 e. The molecule has 0 atom stereocenters. The number of esters is 1. The number of anilines is 1. The first-order chi connectivity index (χ1) is 15.8. The van der Waals surface area contributed by atoms with E-state index in [4.69, 9.17) is 32.9 Å². The molecule has 0 unspecified atom stereocenters. The second-order valence-corrected chi connectivity index (χ2v) is 8.23. The molecule has 7 nitrogen and oxygen atoms in total. The second kappa shape index (κ2) is 9.21. The minimum Gasteiger partial charge on any atom is -0.462 e. The van der Waals surface area contributed by atoms with Gasteiger partial charge in [-0.3, -0.25) is 4.79 Å². The van der Waals surface area contributed by atoms with Crippen molar-refractivity contribution >= 4 is 51.8 Å². The Morgan fingerprint density at radius 2 is 1.85 bits per heavy atom. The lowest BCUT2D eigenvalue weighted by molar-refractivity contribution is 0.0527. The number of fused-ring (bicyclic) bond motifs is 1.